The Balaban J connectivity index is 1.57. The van der Waals surface area contributed by atoms with E-state index >= 15 is 0 Å². The van der Waals surface area contributed by atoms with Gasteiger partial charge in [0.2, 0.25) is 0 Å². The Hall–Kier alpha value is -1.13. The van der Waals surface area contributed by atoms with Crippen LogP contribution in [-0.2, 0) is 6.54 Å². The van der Waals surface area contributed by atoms with E-state index in [1.165, 1.54) is 44.5 Å². The van der Waals surface area contributed by atoms with Gasteiger partial charge in [-0.25, -0.2) is 0 Å². The molecule has 19 heavy (non-hydrogen) atoms. The van der Waals surface area contributed by atoms with Crippen molar-refractivity contribution in [3.05, 3.63) is 35.9 Å². The molecule has 1 heterocycles. The van der Waals surface area contributed by atoms with Crippen molar-refractivity contribution in [1.29, 1.82) is 0 Å². The lowest BCUT2D eigenvalue weighted by molar-refractivity contribution is -0.903. The van der Waals surface area contributed by atoms with E-state index in [1.807, 2.05) is 18.2 Å². The minimum Gasteiger partial charge on any atom is -0.359 e. The maximum absolute atomic E-state index is 5.29. The van der Waals surface area contributed by atoms with E-state index in [0.29, 0.717) is 0 Å². The summed E-state index contributed by atoms with van der Waals surface area (Å²) in [5, 5.41) is 7.31. The molecule has 0 atom stereocenters. The molecule has 0 amide bonds. The molecule has 1 saturated heterocycles. The van der Waals surface area contributed by atoms with Crippen molar-refractivity contribution in [3.8, 4) is 0 Å². The highest BCUT2D eigenvalue weighted by Gasteiger charge is 2.12. The Bertz CT molecular complexity index is 374. The number of likely N-dealkylation sites (tertiary alicyclic amines) is 1. The lowest BCUT2D eigenvalue weighted by atomic mass is 10.1. The van der Waals surface area contributed by atoms with Gasteiger partial charge >= 0.3 is 0 Å². The topological polar surface area (TPSA) is 28.5 Å². The van der Waals surface area contributed by atoms with Gasteiger partial charge < -0.3 is 15.5 Å². The standard InChI is InChI=1S/C15H23N3S/c19-15(17-13-14-7-3-1-4-8-14)16-9-12-18-10-5-2-6-11-18/h1,3-4,7-8H,2,5-6,9-13H2,(H2,16,17,19)/p+1. The van der Waals surface area contributed by atoms with E-state index in [9.17, 15) is 0 Å². The summed E-state index contributed by atoms with van der Waals surface area (Å²) in [6.45, 7) is 5.59. The van der Waals surface area contributed by atoms with Crippen LogP contribution in [0.25, 0.3) is 0 Å². The van der Waals surface area contributed by atoms with E-state index in [2.05, 4.69) is 22.8 Å². The molecule has 1 aliphatic heterocycles. The summed E-state index contributed by atoms with van der Waals surface area (Å²) in [5.74, 6) is 0. The van der Waals surface area contributed by atoms with Gasteiger partial charge in [-0.05, 0) is 37.0 Å². The number of hydrogen-bond acceptors (Lipinski definition) is 1. The van der Waals surface area contributed by atoms with Gasteiger partial charge in [0.15, 0.2) is 5.11 Å². The van der Waals surface area contributed by atoms with Gasteiger partial charge in [0.05, 0.1) is 26.2 Å². The van der Waals surface area contributed by atoms with Crippen molar-refractivity contribution in [3.63, 3.8) is 0 Å². The molecule has 4 heteroatoms. The summed E-state index contributed by atoms with van der Waals surface area (Å²) in [5.41, 5.74) is 1.26. The third-order valence-corrected chi connectivity index (χ3v) is 3.91. The smallest absolute Gasteiger partial charge is 0.166 e. The second kappa shape index (κ2) is 8.12. The summed E-state index contributed by atoms with van der Waals surface area (Å²) in [6, 6.07) is 10.3. The number of piperidine rings is 1. The van der Waals surface area contributed by atoms with Crippen LogP contribution in [0.4, 0.5) is 0 Å². The molecule has 0 bridgehead atoms. The Morgan fingerprint density at radius 3 is 2.53 bits per heavy atom. The number of quaternary nitrogens is 1. The molecular formula is C15H24N3S+. The van der Waals surface area contributed by atoms with E-state index in [1.54, 1.807) is 4.90 Å². The highest BCUT2D eigenvalue weighted by molar-refractivity contribution is 7.80. The van der Waals surface area contributed by atoms with Crippen LogP contribution in [0.3, 0.4) is 0 Å². The molecule has 3 N–H and O–H groups in total. The molecule has 0 unspecified atom stereocenters. The molecule has 0 aliphatic carbocycles. The molecule has 0 aromatic heterocycles. The lowest BCUT2D eigenvalue weighted by Crippen LogP contribution is -3.13. The van der Waals surface area contributed by atoms with E-state index < -0.39 is 0 Å². The minimum absolute atomic E-state index is 0.764. The van der Waals surface area contributed by atoms with Crippen molar-refractivity contribution in [2.75, 3.05) is 26.2 Å². The van der Waals surface area contributed by atoms with Crippen molar-refractivity contribution in [2.24, 2.45) is 0 Å². The van der Waals surface area contributed by atoms with Crippen LogP contribution in [0.15, 0.2) is 30.3 Å². The molecule has 2 rings (SSSR count). The van der Waals surface area contributed by atoms with Gasteiger partial charge in [-0.15, -0.1) is 0 Å². The Kier molecular flexibility index (Phi) is 6.11. The summed E-state index contributed by atoms with van der Waals surface area (Å²) in [4.78, 5) is 1.71. The number of nitrogens with one attached hydrogen (secondary N) is 3. The van der Waals surface area contributed by atoms with Crippen LogP contribution in [-0.4, -0.2) is 31.3 Å². The molecule has 1 aromatic carbocycles. The first kappa shape index (κ1) is 14.3. The maximum atomic E-state index is 5.29. The number of benzene rings is 1. The predicted molar refractivity (Wildman–Crippen MR) is 83.3 cm³/mol. The Labute approximate surface area is 121 Å². The molecule has 1 fully saturated rings. The highest BCUT2D eigenvalue weighted by atomic mass is 32.1. The van der Waals surface area contributed by atoms with Crippen LogP contribution in [0.1, 0.15) is 24.8 Å². The second-order valence-corrected chi connectivity index (χ2v) is 5.56. The summed E-state index contributed by atoms with van der Waals surface area (Å²) >= 11 is 5.29. The molecule has 0 radical (unpaired) electrons. The third kappa shape index (κ3) is 5.57. The summed E-state index contributed by atoms with van der Waals surface area (Å²) < 4.78 is 0. The normalized spacial score (nSPS) is 16.0. The fraction of sp³-hybridized carbons (Fsp3) is 0.533. The lowest BCUT2D eigenvalue weighted by Gasteiger charge is -2.23. The van der Waals surface area contributed by atoms with E-state index in [-0.39, 0.29) is 0 Å². The van der Waals surface area contributed by atoms with Gasteiger partial charge in [-0.1, -0.05) is 30.3 Å². The van der Waals surface area contributed by atoms with Crippen LogP contribution in [0.5, 0.6) is 0 Å². The average Bonchev–Trinajstić information content (AvgIpc) is 2.47. The summed E-state index contributed by atoms with van der Waals surface area (Å²) in [6.07, 6.45) is 4.17. The Morgan fingerprint density at radius 2 is 1.79 bits per heavy atom. The third-order valence-electron chi connectivity index (χ3n) is 3.62. The maximum Gasteiger partial charge on any atom is 0.166 e. The van der Waals surface area contributed by atoms with E-state index in [0.717, 1.165) is 18.2 Å². The van der Waals surface area contributed by atoms with Crippen LogP contribution >= 0.6 is 12.2 Å². The summed E-state index contributed by atoms with van der Waals surface area (Å²) in [7, 11) is 0. The largest absolute Gasteiger partial charge is 0.359 e. The predicted octanol–water partition coefficient (Wildman–Crippen LogP) is 0.720. The van der Waals surface area contributed by atoms with Crippen LogP contribution in [0, 0.1) is 0 Å². The zero-order valence-corrected chi connectivity index (χ0v) is 12.3. The zero-order valence-electron chi connectivity index (χ0n) is 11.5. The quantitative estimate of drug-likeness (QED) is 0.693. The Morgan fingerprint density at radius 1 is 1.05 bits per heavy atom. The van der Waals surface area contributed by atoms with E-state index in [4.69, 9.17) is 12.2 Å². The second-order valence-electron chi connectivity index (χ2n) is 5.16. The van der Waals surface area contributed by atoms with Gasteiger partial charge in [-0.2, -0.15) is 0 Å². The molecular weight excluding hydrogens is 254 g/mol. The van der Waals surface area contributed by atoms with Crippen molar-refractivity contribution in [2.45, 2.75) is 25.8 Å². The molecule has 3 nitrogen and oxygen atoms in total. The fourth-order valence-electron chi connectivity index (χ4n) is 2.50. The monoisotopic (exact) mass is 278 g/mol. The molecule has 1 aliphatic rings. The molecule has 0 spiro atoms. The van der Waals surface area contributed by atoms with Gasteiger partial charge in [0.25, 0.3) is 0 Å². The van der Waals surface area contributed by atoms with Gasteiger partial charge in [0.1, 0.15) is 0 Å². The highest BCUT2D eigenvalue weighted by Crippen LogP contribution is 1.96. The number of rotatable bonds is 5. The number of hydrogen-bond donors (Lipinski definition) is 3. The zero-order chi connectivity index (χ0) is 13.3. The minimum atomic E-state index is 0.764. The molecule has 104 valence electrons. The first-order valence-corrected chi connectivity index (χ1v) is 7.64. The SMILES string of the molecule is S=C(NCC[NH+]1CCCCC1)NCc1ccccc1. The van der Waals surface area contributed by atoms with Crippen LogP contribution in [0.2, 0.25) is 0 Å². The average molecular weight is 278 g/mol. The molecule has 0 saturated carbocycles. The van der Waals surface area contributed by atoms with Crippen molar-refractivity contribution in [1.82, 2.24) is 10.6 Å². The van der Waals surface area contributed by atoms with Crippen molar-refractivity contribution >= 4 is 17.3 Å². The van der Waals surface area contributed by atoms with Gasteiger partial charge in [-0.3, -0.25) is 0 Å². The first-order valence-electron chi connectivity index (χ1n) is 7.24. The fourth-order valence-corrected chi connectivity index (χ4v) is 2.67. The first-order chi connectivity index (χ1) is 9.34. The van der Waals surface area contributed by atoms with Crippen LogP contribution < -0.4 is 15.5 Å². The van der Waals surface area contributed by atoms with Crippen molar-refractivity contribution < 1.29 is 4.90 Å². The number of thiocarbonyl (C=S) groups is 1. The van der Waals surface area contributed by atoms with Gasteiger partial charge in [0, 0.05) is 6.54 Å². The molecule has 1 aromatic rings.